The first-order valence-corrected chi connectivity index (χ1v) is 12.5. The minimum atomic E-state index is -3.44. The van der Waals surface area contributed by atoms with Crippen LogP contribution in [-0.4, -0.2) is 20.2 Å². The number of benzene rings is 3. The number of hydrazine groups is 1. The van der Waals surface area contributed by atoms with Gasteiger partial charge in [-0.2, -0.15) is 0 Å². The van der Waals surface area contributed by atoms with E-state index in [1.807, 2.05) is 12.1 Å². The molecule has 2 amide bonds. The SMILES string of the molecule is CCS(=O)(=O)Nc1ccc(CNN(C(N)=O)c2cccc(Cl)c2C)c(-c2ccc(Cl)cc2)c1. The second kappa shape index (κ2) is 10.4. The third-order valence-electron chi connectivity index (χ3n) is 5.05. The van der Waals surface area contributed by atoms with Gasteiger partial charge in [0.1, 0.15) is 0 Å². The number of rotatable bonds is 8. The number of carbonyl (C=O) groups is 1. The molecular weight excluding hydrogens is 483 g/mol. The predicted octanol–water partition coefficient (Wildman–Crippen LogP) is 5.32. The van der Waals surface area contributed by atoms with Gasteiger partial charge in [-0.25, -0.2) is 23.6 Å². The second-order valence-corrected chi connectivity index (χ2v) is 10.1. The Morgan fingerprint density at radius 2 is 1.76 bits per heavy atom. The van der Waals surface area contributed by atoms with Gasteiger partial charge in [0.2, 0.25) is 10.0 Å². The van der Waals surface area contributed by atoms with Crippen LogP contribution >= 0.6 is 23.2 Å². The molecule has 33 heavy (non-hydrogen) atoms. The molecular formula is C23H24Cl2N4O3S. The molecule has 0 aliphatic rings. The molecule has 3 aromatic carbocycles. The lowest BCUT2D eigenvalue weighted by Gasteiger charge is -2.24. The fourth-order valence-corrected chi connectivity index (χ4v) is 4.15. The Balaban J connectivity index is 1.97. The summed E-state index contributed by atoms with van der Waals surface area (Å²) in [4.78, 5) is 12.2. The lowest BCUT2D eigenvalue weighted by atomic mass is 9.99. The van der Waals surface area contributed by atoms with Gasteiger partial charge in [0.05, 0.1) is 11.4 Å². The summed E-state index contributed by atoms with van der Waals surface area (Å²) in [6.45, 7) is 3.59. The van der Waals surface area contributed by atoms with Crippen LogP contribution in [0.5, 0.6) is 0 Å². The predicted molar refractivity (Wildman–Crippen MR) is 135 cm³/mol. The van der Waals surface area contributed by atoms with E-state index in [2.05, 4.69) is 10.1 Å². The van der Waals surface area contributed by atoms with Crippen LogP contribution in [-0.2, 0) is 16.6 Å². The number of halogens is 2. The summed E-state index contributed by atoms with van der Waals surface area (Å²) in [5.41, 5.74) is 12.8. The largest absolute Gasteiger partial charge is 0.350 e. The molecule has 0 aromatic heterocycles. The van der Waals surface area contributed by atoms with Crippen LogP contribution in [0, 0.1) is 6.92 Å². The number of urea groups is 1. The van der Waals surface area contributed by atoms with Crippen molar-refractivity contribution in [2.45, 2.75) is 20.4 Å². The second-order valence-electron chi connectivity index (χ2n) is 7.28. The molecule has 174 valence electrons. The summed E-state index contributed by atoms with van der Waals surface area (Å²) in [7, 11) is -3.44. The summed E-state index contributed by atoms with van der Waals surface area (Å²) < 4.78 is 26.7. The lowest BCUT2D eigenvalue weighted by molar-refractivity contribution is 0.251. The molecule has 0 fully saturated rings. The van der Waals surface area contributed by atoms with Gasteiger partial charge in [-0.15, -0.1) is 0 Å². The molecule has 0 spiro atoms. The number of anilines is 2. The van der Waals surface area contributed by atoms with E-state index in [0.717, 1.165) is 16.7 Å². The van der Waals surface area contributed by atoms with E-state index in [0.29, 0.717) is 27.0 Å². The van der Waals surface area contributed by atoms with Gasteiger partial charge in [0, 0.05) is 22.3 Å². The third-order valence-corrected chi connectivity index (χ3v) is 7.01. The fourth-order valence-electron chi connectivity index (χ4n) is 3.23. The first kappa shape index (κ1) is 24.9. The summed E-state index contributed by atoms with van der Waals surface area (Å²) >= 11 is 12.2. The van der Waals surface area contributed by atoms with Crippen molar-refractivity contribution in [3.63, 3.8) is 0 Å². The maximum absolute atomic E-state index is 12.2. The van der Waals surface area contributed by atoms with Crippen LogP contribution in [0.25, 0.3) is 11.1 Å². The van der Waals surface area contributed by atoms with Crippen LogP contribution in [0.15, 0.2) is 60.7 Å². The van der Waals surface area contributed by atoms with Crippen molar-refractivity contribution in [3.8, 4) is 11.1 Å². The summed E-state index contributed by atoms with van der Waals surface area (Å²) in [6, 6.07) is 16.9. The number of hydrogen-bond donors (Lipinski definition) is 3. The number of carbonyl (C=O) groups excluding carboxylic acids is 1. The molecule has 0 unspecified atom stereocenters. The maximum atomic E-state index is 12.2. The average Bonchev–Trinajstić information content (AvgIpc) is 2.77. The minimum Gasteiger partial charge on any atom is -0.350 e. The monoisotopic (exact) mass is 506 g/mol. The minimum absolute atomic E-state index is 0.0425. The molecule has 0 atom stereocenters. The van der Waals surface area contributed by atoms with Crippen molar-refractivity contribution in [1.29, 1.82) is 0 Å². The zero-order valence-electron chi connectivity index (χ0n) is 18.1. The number of nitrogens with zero attached hydrogens (tertiary/aromatic N) is 1. The number of amides is 2. The van der Waals surface area contributed by atoms with Crippen LogP contribution < -0.4 is 20.9 Å². The van der Waals surface area contributed by atoms with Gasteiger partial charge >= 0.3 is 6.03 Å². The van der Waals surface area contributed by atoms with Gasteiger partial charge in [-0.3, -0.25) is 4.72 Å². The van der Waals surface area contributed by atoms with Crippen molar-refractivity contribution >= 4 is 50.6 Å². The first-order chi connectivity index (χ1) is 15.6. The number of nitrogens with one attached hydrogen (secondary N) is 2. The van der Waals surface area contributed by atoms with E-state index >= 15 is 0 Å². The summed E-state index contributed by atoms with van der Waals surface area (Å²) in [5, 5.41) is 2.33. The molecule has 0 saturated heterocycles. The maximum Gasteiger partial charge on any atom is 0.333 e. The Morgan fingerprint density at radius 1 is 1.06 bits per heavy atom. The van der Waals surface area contributed by atoms with Crippen molar-refractivity contribution in [2.75, 3.05) is 15.5 Å². The number of sulfonamides is 1. The highest BCUT2D eigenvalue weighted by molar-refractivity contribution is 7.92. The van der Waals surface area contributed by atoms with Crippen molar-refractivity contribution < 1.29 is 13.2 Å². The molecule has 10 heteroatoms. The zero-order chi connectivity index (χ0) is 24.2. The molecule has 7 nitrogen and oxygen atoms in total. The van der Waals surface area contributed by atoms with Gasteiger partial charge in [0.15, 0.2) is 0 Å². The topological polar surface area (TPSA) is 105 Å². The quantitative estimate of drug-likeness (QED) is 0.359. The van der Waals surface area contributed by atoms with Gasteiger partial charge in [-0.05, 0) is 72.5 Å². The number of nitrogens with two attached hydrogens (primary N) is 1. The van der Waals surface area contributed by atoms with E-state index in [4.69, 9.17) is 28.9 Å². The molecule has 0 aliphatic carbocycles. The smallest absolute Gasteiger partial charge is 0.333 e. The normalized spacial score (nSPS) is 11.3. The highest BCUT2D eigenvalue weighted by atomic mass is 35.5. The number of hydrogen-bond acceptors (Lipinski definition) is 4. The van der Waals surface area contributed by atoms with Crippen LogP contribution in [0.4, 0.5) is 16.2 Å². The van der Waals surface area contributed by atoms with Crippen molar-refractivity contribution in [2.24, 2.45) is 5.73 Å². The van der Waals surface area contributed by atoms with E-state index < -0.39 is 16.1 Å². The van der Waals surface area contributed by atoms with E-state index in [1.165, 1.54) is 5.01 Å². The Hall–Kier alpha value is -2.78. The highest BCUT2D eigenvalue weighted by Gasteiger charge is 2.17. The van der Waals surface area contributed by atoms with Crippen LogP contribution in [0.3, 0.4) is 0 Å². The highest BCUT2D eigenvalue weighted by Crippen LogP contribution is 2.30. The van der Waals surface area contributed by atoms with E-state index in [9.17, 15) is 13.2 Å². The average molecular weight is 507 g/mol. The molecule has 4 N–H and O–H groups in total. The molecule has 3 aromatic rings. The molecule has 0 aliphatic heterocycles. The fraction of sp³-hybridized carbons (Fsp3) is 0.174. The number of primary amides is 1. The third kappa shape index (κ3) is 6.17. The Bertz CT molecular complexity index is 1270. The van der Waals surface area contributed by atoms with Gasteiger partial charge < -0.3 is 5.73 Å². The van der Waals surface area contributed by atoms with Crippen LogP contribution in [0.1, 0.15) is 18.1 Å². The molecule has 0 bridgehead atoms. The Labute approximate surface area is 203 Å². The van der Waals surface area contributed by atoms with Crippen LogP contribution in [0.2, 0.25) is 10.0 Å². The molecule has 0 radical (unpaired) electrons. The Kier molecular flexibility index (Phi) is 7.86. The standard InChI is InChI=1S/C23H24Cl2N4O3S/c1-3-33(31,32)28-19-12-9-17(20(13-19)16-7-10-18(24)11-8-16)14-27-29(23(26)30)22-6-4-5-21(25)15(22)2/h4-13,27-28H,3,14H2,1-2H3,(H2,26,30). The summed E-state index contributed by atoms with van der Waals surface area (Å²) in [6.07, 6.45) is 0. The lowest BCUT2D eigenvalue weighted by Crippen LogP contribution is -2.46. The van der Waals surface area contributed by atoms with E-state index in [1.54, 1.807) is 62.4 Å². The van der Waals surface area contributed by atoms with Crippen molar-refractivity contribution in [3.05, 3.63) is 81.8 Å². The zero-order valence-corrected chi connectivity index (χ0v) is 20.4. The van der Waals surface area contributed by atoms with E-state index in [-0.39, 0.29) is 12.3 Å². The summed E-state index contributed by atoms with van der Waals surface area (Å²) in [5.74, 6) is -0.0425. The Morgan fingerprint density at radius 3 is 2.39 bits per heavy atom. The van der Waals surface area contributed by atoms with Gasteiger partial charge in [0.25, 0.3) is 0 Å². The molecule has 0 heterocycles. The molecule has 3 rings (SSSR count). The molecule has 0 saturated carbocycles. The van der Waals surface area contributed by atoms with Gasteiger partial charge in [-0.1, -0.05) is 47.5 Å². The van der Waals surface area contributed by atoms with Crippen molar-refractivity contribution in [1.82, 2.24) is 5.43 Å². The first-order valence-electron chi connectivity index (χ1n) is 10.1.